The monoisotopic (exact) mass is 949 g/mol. The minimum atomic E-state index is -0.894. The fourth-order valence-electron chi connectivity index (χ4n) is 18.7. The van der Waals surface area contributed by atoms with E-state index in [2.05, 4.69) is 107 Å². The lowest BCUT2D eigenvalue weighted by atomic mass is 9.37. The lowest BCUT2D eigenvalue weighted by Gasteiger charge is -2.67. The minimum absolute atomic E-state index is 0.0225. The van der Waals surface area contributed by atoms with Crippen LogP contribution in [-0.4, -0.2) is 28.0 Å². The lowest BCUT2D eigenvalue weighted by molar-refractivity contribution is -0.134. The van der Waals surface area contributed by atoms with Crippen LogP contribution < -0.4 is 9.47 Å². The first-order chi connectivity index (χ1) is 31.4. The summed E-state index contributed by atoms with van der Waals surface area (Å²) in [6.07, 6.45) is 29.6. The van der Waals surface area contributed by atoms with Crippen LogP contribution in [0, 0.1) is 33.5 Å². The van der Waals surface area contributed by atoms with E-state index in [0.29, 0.717) is 32.2 Å². The molecular formula is C63H96O2S2. The van der Waals surface area contributed by atoms with Crippen LogP contribution in [0.5, 0.6) is 11.5 Å². The third kappa shape index (κ3) is 8.56. The van der Waals surface area contributed by atoms with Crippen LogP contribution in [-0.2, 0) is 33.2 Å². The highest BCUT2D eigenvalue weighted by atomic mass is 32.2. The highest BCUT2D eigenvalue weighted by Crippen LogP contribution is 2.74. The zero-order valence-electron chi connectivity index (χ0n) is 45.1. The van der Waals surface area contributed by atoms with Crippen LogP contribution in [0.25, 0.3) is 0 Å². The number of benzene rings is 2. The van der Waals surface area contributed by atoms with E-state index in [1.807, 2.05) is 0 Å². The highest BCUT2D eigenvalue weighted by Gasteiger charge is 2.65. The van der Waals surface area contributed by atoms with Crippen LogP contribution in [0.1, 0.15) is 258 Å². The molecule has 0 radical (unpaired) electrons. The molecule has 67 heavy (non-hydrogen) atoms. The Morgan fingerprint density at radius 1 is 0.507 bits per heavy atom. The Morgan fingerprint density at radius 2 is 0.851 bits per heavy atom. The third-order valence-electron chi connectivity index (χ3n) is 21.2. The summed E-state index contributed by atoms with van der Waals surface area (Å²) < 4.78 is 16.1. The van der Waals surface area contributed by atoms with Crippen molar-refractivity contribution in [2.75, 3.05) is 0 Å². The van der Waals surface area contributed by atoms with E-state index in [1.54, 1.807) is 11.1 Å². The van der Waals surface area contributed by atoms with E-state index in [-0.39, 0.29) is 42.6 Å². The summed E-state index contributed by atoms with van der Waals surface area (Å²) in [5, 5.41) is 1.14. The standard InChI is InChI=1S/C63H96O2S2/c1-15-58-29-43-30-59(16-2,37-58)40-62(33-43,39-58)49-27-47(55(5,6)7)25-45-35-66(13)51-23-21-19-20-22-24-52(51)67(14)36-46-26-48(56(8,9)10)28-50(54(46)65-57(11,12)64-53(45)49)63-34-44-31-60(17-3,41-63)38-61(18-4,32-44)42-63/h25-28,43-44,51-52H,13-24,29-42H2,1-12H3. The molecule has 9 saturated carbocycles. The second-order valence-electron chi connectivity index (χ2n) is 28.6. The van der Waals surface area contributed by atoms with Gasteiger partial charge in [0.2, 0.25) is 5.79 Å². The van der Waals surface area contributed by atoms with Gasteiger partial charge in [-0.2, -0.15) is 21.0 Å². The first kappa shape index (κ1) is 49.1. The fraction of sp³-hybridized carbons (Fsp3) is 0.778. The van der Waals surface area contributed by atoms with Crippen LogP contribution in [0.3, 0.4) is 0 Å². The summed E-state index contributed by atoms with van der Waals surface area (Å²) in [6, 6.07) is 10.6. The zero-order chi connectivity index (χ0) is 47.8. The van der Waals surface area contributed by atoms with Crippen molar-refractivity contribution >= 4 is 32.7 Å². The Balaban J connectivity index is 1.21. The molecule has 0 spiro atoms. The van der Waals surface area contributed by atoms with Gasteiger partial charge >= 0.3 is 0 Å². The lowest BCUT2D eigenvalue weighted by Crippen LogP contribution is -2.58. The molecule has 1 heterocycles. The predicted octanol–water partition coefficient (Wildman–Crippen LogP) is 18.0. The van der Waals surface area contributed by atoms with Gasteiger partial charge in [0.1, 0.15) is 11.5 Å². The Kier molecular flexibility index (Phi) is 12.3. The summed E-state index contributed by atoms with van der Waals surface area (Å²) in [5.74, 6) is 15.7. The smallest absolute Gasteiger partial charge is 0.245 e. The van der Waals surface area contributed by atoms with E-state index in [1.165, 1.54) is 175 Å². The van der Waals surface area contributed by atoms with E-state index < -0.39 is 5.79 Å². The Hall–Kier alpha value is -1.52. The Bertz CT molecular complexity index is 2080. The van der Waals surface area contributed by atoms with Gasteiger partial charge in [0, 0.05) is 68.9 Å². The summed E-state index contributed by atoms with van der Waals surface area (Å²) in [4.78, 5) is 0. The Morgan fingerprint density at radius 3 is 1.16 bits per heavy atom. The van der Waals surface area contributed by atoms with Crippen molar-refractivity contribution in [1.29, 1.82) is 0 Å². The quantitative estimate of drug-likeness (QED) is 0.269. The molecular weight excluding hydrogens is 853 g/mol. The maximum atomic E-state index is 8.03. The third-order valence-corrected chi connectivity index (χ3v) is 25.6. The molecule has 9 fully saturated rings. The van der Waals surface area contributed by atoms with Crippen molar-refractivity contribution in [3.8, 4) is 11.5 Å². The molecule has 0 N–H and O–H groups in total. The van der Waals surface area contributed by atoms with Crippen LogP contribution >= 0.6 is 21.0 Å². The van der Waals surface area contributed by atoms with E-state index >= 15 is 0 Å². The number of hydrogen-bond acceptors (Lipinski definition) is 2. The molecule has 2 aromatic rings. The summed E-state index contributed by atoms with van der Waals surface area (Å²) >= 11 is 0. The molecule has 1 aliphatic heterocycles. The molecule has 0 aromatic heterocycles. The average molecular weight is 950 g/mol. The molecule has 0 amide bonds. The van der Waals surface area contributed by atoms with Crippen molar-refractivity contribution in [2.24, 2.45) is 33.5 Å². The molecule has 2 aromatic carbocycles. The SMILES string of the molecule is C=S1Cc2cc(C(C)(C)C)cc(C34CC5CC(CC)(CC(CC)(C5)C3)C4)c2OC(C)(C)Oc2c(cc(C(C)(C)C)cc2C23CC4CC(CC)(CC(CC)(C4)C2)C3)CS(=C)C2CCCCCCC21. The van der Waals surface area contributed by atoms with Crippen LogP contribution in [0.15, 0.2) is 24.3 Å². The van der Waals surface area contributed by atoms with Gasteiger partial charge in [-0.25, -0.2) is 0 Å². The predicted molar refractivity (Wildman–Crippen MR) is 294 cm³/mol. The van der Waals surface area contributed by atoms with Gasteiger partial charge in [-0.1, -0.05) is 157 Å². The van der Waals surface area contributed by atoms with Gasteiger partial charge in [0.15, 0.2) is 0 Å². The summed E-state index contributed by atoms with van der Waals surface area (Å²) in [7, 11) is -0.155. The number of rotatable bonds is 6. The first-order valence-electron chi connectivity index (χ1n) is 28.2. The first-order valence-corrected chi connectivity index (χ1v) is 31.4. The molecule has 12 rings (SSSR count). The number of fused-ring (bicyclic) bond motifs is 3. The van der Waals surface area contributed by atoms with Gasteiger partial charge in [-0.3, -0.25) is 0 Å². The van der Waals surface area contributed by atoms with Crippen molar-refractivity contribution in [1.82, 2.24) is 0 Å². The maximum Gasteiger partial charge on any atom is 0.245 e. The molecule has 9 aliphatic carbocycles. The van der Waals surface area contributed by atoms with E-state index in [4.69, 9.17) is 21.2 Å². The van der Waals surface area contributed by atoms with Gasteiger partial charge in [-0.15, -0.1) is 0 Å². The zero-order valence-corrected chi connectivity index (χ0v) is 46.8. The van der Waals surface area contributed by atoms with E-state index in [0.717, 1.165) is 23.3 Å². The highest BCUT2D eigenvalue weighted by molar-refractivity contribution is 8.17. The average Bonchev–Trinajstić information content (AvgIpc) is 3.22. The molecule has 4 heteroatoms. The molecule has 10 aliphatic rings. The number of ether oxygens (including phenoxy) is 2. The maximum absolute atomic E-state index is 8.03. The Labute approximate surface area is 416 Å². The van der Waals surface area contributed by atoms with Crippen LogP contribution in [0.4, 0.5) is 0 Å². The molecule has 8 atom stereocenters. The largest absolute Gasteiger partial charge is 0.452 e. The molecule has 2 nitrogen and oxygen atoms in total. The van der Waals surface area contributed by atoms with E-state index in [9.17, 15) is 0 Å². The van der Waals surface area contributed by atoms with Crippen molar-refractivity contribution in [3.05, 3.63) is 57.6 Å². The normalized spacial score (nSPS) is 41.3. The van der Waals surface area contributed by atoms with Crippen molar-refractivity contribution in [2.45, 2.75) is 274 Å². The van der Waals surface area contributed by atoms with Gasteiger partial charge < -0.3 is 9.47 Å². The second kappa shape index (κ2) is 16.8. The topological polar surface area (TPSA) is 18.5 Å². The van der Waals surface area contributed by atoms with Crippen molar-refractivity contribution < 1.29 is 9.47 Å². The molecule has 8 unspecified atom stereocenters. The van der Waals surface area contributed by atoms with Gasteiger partial charge in [0.05, 0.1) is 0 Å². The minimum Gasteiger partial charge on any atom is -0.452 e. The summed E-state index contributed by atoms with van der Waals surface area (Å²) in [6.45, 7) is 29.4. The second-order valence-corrected chi connectivity index (χ2v) is 32.5. The molecule has 8 bridgehead atoms. The van der Waals surface area contributed by atoms with Gasteiger partial charge in [0.25, 0.3) is 0 Å². The fourth-order valence-corrected chi connectivity index (χ4v) is 23.4. The van der Waals surface area contributed by atoms with Gasteiger partial charge in [-0.05, 0) is 145 Å². The molecule has 372 valence electrons. The van der Waals surface area contributed by atoms with Crippen molar-refractivity contribution in [3.63, 3.8) is 0 Å². The van der Waals surface area contributed by atoms with Crippen LogP contribution in [0.2, 0.25) is 0 Å². The molecule has 0 saturated heterocycles. The number of hydrogen-bond donors (Lipinski definition) is 0. The summed E-state index contributed by atoms with van der Waals surface area (Å²) in [5.41, 5.74) is 10.9.